The zero-order valence-electron chi connectivity index (χ0n) is 23.6. The summed E-state index contributed by atoms with van der Waals surface area (Å²) in [7, 11) is -2.99. The van der Waals surface area contributed by atoms with E-state index in [1.807, 2.05) is 6.92 Å². The summed E-state index contributed by atoms with van der Waals surface area (Å²) < 4.78 is 60.1. The van der Waals surface area contributed by atoms with Crippen LogP contribution in [0, 0.1) is 24.4 Å². The van der Waals surface area contributed by atoms with Gasteiger partial charge >= 0.3 is 5.69 Å². The number of aryl methyl sites for hydroxylation is 1. The maximum absolute atomic E-state index is 15.8. The summed E-state index contributed by atoms with van der Waals surface area (Å²) in [5, 5.41) is 0.542. The minimum Gasteiger partial charge on any atom is -0.350 e. The summed E-state index contributed by atoms with van der Waals surface area (Å²) in [6.45, 7) is 11.0. The Balaban J connectivity index is 1.86. The quantitative estimate of drug-likeness (QED) is 0.247. The van der Waals surface area contributed by atoms with Gasteiger partial charge < -0.3 is 14.4 Å². The first-order valence-corrected chi connectivity index (χ1v) is 15.8. The molecule has 0 spiro atoms. The third-order valence-corrected chi connectivity index (χ3v) is 8.99. The van der Waals surface area contributed by atoms with E-state index in [9.17, 15) is 22.9 Å². The van der Waals surface area contributed by atoms with E-state index in [4.69, 9.17) is 0 Å². The Labute approximate surface area is 240 Å². The summed E-state index contributed by atoms with van der Waals surface area (Å²) in [4.78, 5) is 38.2. The van der Waals surface area contributed by atoms with E-state index < -0.39 is 41.4 Å². The number of halogens is 3. The highest BCUT2D eigenvalue weighted by molar-refractivity contribution is 7.70. The molecule has 42 heavy (non-hydrogen) atoms. The molecule has 1 aliphatic heterocycles. The molecule has 2 aromatic carbocycles. The number of rotatable bonds is 5. The van der Waals surface area contributed by atoms with E-state index in [1.165, 1.54) is 29.0 Å². The van der Waals surface area contributed by atoms with Crippen molar-refractivity contribution in [1.82, 2.24) is 19.4 Å². The van der Waals surface area contributed by atoms with Gasteiger partial charge in [-0.2, -0.15) is 4.98 Å². The van der Waals surface area contributed by atoms with Gasteiger partial charge in [-0.1, -0.05) is 12.6 Å². The average Bonchev–Trinajstić information content (AvgIpc) is 2.92. The van der Waals surface area contributed by atoms with Crippen molar-refractivity contribution in [3.05, 3.63) is 88.9 Å². The predicted molar refractivity (Wildman–Crippen MR) is 158 cm³/mol. The number of fused-ring (bicyclic) bond motifs is 1. The second kappa shape index (κ2) is 10.9. The number of pyridine rings is 1. The van der Waals surface area contributed by atoms with Crippen LogP contribution in [0.3, 0.4) is 0 Å². The fourth-order valence-electron chi connectivity index (χ4n) is 5.47. The topological polar surface area (TPSA) is 88.4 Å². The Morgan fingerprint density at radius 3 is 2.40 bits per heavy atom. The molecule has 5 rings (SSSR count). The molecule has 8 nitrogen and oxygen atoms in total. The number of carbonyl (C=O) groups excluding carboxylic acids is 1. The number of hydrogen-bond donors (Lipinski definition) is 0. The highest BCUT2D eigenvalue weighted by atomic mass is 31.2. The molecule has 1 fully saturated rings. The van der Waals surface area contributed by atoms with Crippen LogP contribution >= 0.6 is 7.14 Å². The molecule has 12 heteroatoms. The Kier molecular flexibility index (Phi) is 7.57. The first kappa shape index (κ1) is 29.3. The maximum atomic E-state index is 15.8. The smallest absolute Gasteiger partial charge is 0.350 e. The zero-order valence-corrected chi connectivity index (χ0v) is 24.5. The van der Waals surface area contributed by atoms with Crippen molar-refractivity contribution in [2.24, 2.45) is 0 Å². The minimum absolute atomic E-state index is 0.103. The second-order valence-electron chi connectivity index (χ2n) is 10.6. The highest BCUT2D eigenvalue weighted by Crippen LogP contribution is 2.39. The van der Waals surface area contributed by atoms with E-state index in [0.717, 1.165) is 18.2 Å². The van der Waals surface area contributed by atoms with Crippen molar-refractivity contribution in [1.29, 1.82) is 0 Å². The highest BCUT2D eigenvalue weighted by Gasteiger charge is 2.31. The molecule has 0 aliphatic carbocycles. The van der Waals surface area contributed by atoms with Gasteiger partial charge in [0.25, 0.3) is 0 Å². The standard InChI is InChI=1S/C30H29F3N5O3P/c1-6-26(39)36-12-13-37(17(2)16-36)29-20-14-23(33)19(27-21(31)8-7-9-22(27)32)15-24(20)38(30(40)35-29)28-18(3)34-11-10-25(28)42(4,5)41/h6-11,14-15,17H,1,12-13,16H2,2-5H3/t17-/m0/s1. The number of anilines is 1. The molecule has 4 aromatic rings. The monoisotopic (exact) mass is 595 g/mol. The van der Waals surface area contributed by atoms with Crippen LogP contribution in [0.4, 0.5) is 19.0 Å². The number of hydrogen-bond acceptors (Lipinski definition) is 6. The van der Waals surface area contributed by atoms with Crippen LogP contribution in [-0.4, -0.2) is 64.3 Å². The number of piperazine rings is 1. The molecule has 1 aliphatic rings. The normalized spacial score (nSPS) is 15.7. The number of benzene rings is 2. The van der Waals surface area contributed by atoms with E-state index >= 15 is 4.39 Å². The molecule has 1 atom stereocenters. The van der Waals surface area contributed by atoms with Gasteiger partial charge in [0, 0.05) is 48.1 Å². The molecule has 0 radical (unpaired) electrons. The first-order chi connectivity index (χ1) is 19.8. The summed E-state index contributed by atoms with van der Waals surface area (Å²) in [6.07, 6.45) is 2.71. The molecule has 3 heterocycles. The molecule has 218 valence electrons. The Hall–Kier alpha value is -4.24. The molecule has 2 aromatic heterocycles. The van der Waals surface area contributed by atoms with Crippen molar-refractivity contribution in [2.75, 3.05) is 37.9 Å². The molecule has 0 unspecified atom stereocenters. The van der Waals surface area contributed by atoms with Crippen LogP contribution in [0.5, 0.6) is 0 Å². The number of carbonyl (C=O) groups is 1. The minimum atomic E-state index is -2.99. The van der Waals surface area contributed by atoms with Crippen molar-refractivity contribution in [3.8, 4) is 16.8 Å². The third-order valence-electron chi connectivity index (χ3n) is 7.47. The Morgan fingerprint density at radius 1 is 1.10 bits per heavy atom. The van der Waals surface area contributed by atoms with E-state index in [-0.39, 0.29) is 40.9 Å². The molecular weight excluding hydrogens is 566 g/mol. The maximum Gasteiger partial charge on any atom is 0.354 e. The van der Waals surface area contributed by atoms with Gasteiger partial charge in [-0.3, -0.25) is 14.3 Å². The van der Waals surface area contributed by atoms with Gasteiger partial charge in [-0.25, -0.2) is 18.0 Å². The van der Waals surface area contributed by atoms with Crippen LogP contribution in [0.2, 0.25) is 0 Å². The van der Waals surface area contributed by atoms with Crippen molar-refractivity contribution in [3.63, 3.8) is 0 Å². The fourth-order valence-corrected chi connectivity index (χ4v) is 6.67. The van der Waals surface area contributed by atoms with Gasteiger partial charge in [-0.15, -0.1) is 0 Å². The average molecular weight is 596 g/mol. The van der Waals surface area contributed by atoms with Crippen molar-refractivity contribution >= 4 is 35.1 Å². The van der Waals surface area contributed by atoms with E-state index in [1.54, 1.807) is 36.1 Å². The summed E-state index contributed by atoms with van der Waals surface area (Å²) in [6, 6.07) is 6.77. The first-order valence-electron chi connectivity index (χ1n) is 13.2. The van der Waals surface area contributed by atoms with E-state index in [2.05, 4.69) is 16.5 Å². The lowest BCUT2D eigenvalue weighted by molar-refractivity contribution is -0.126. The molecule has 0 N–H and O–H groups in total. The summed E-state index contributed by atoms with van der Waals surface area (Å²) in [5.74, 6) is -2.95. The summed E-state index contributed by atoms with van der Waals surface area (Å²) in [5.41, 5.74) is -1.07. The van der Waals surface area contributed by atoms with Crippen LogP contribution in [-0.2, 0) is 9.36 Å². The lowest BCUT2D eigenvalue weighted by Crippen LogP contribution is -2.54. The second-order valence-corrected chi connectivity index (χ2v) is 13.8. The predicted octanol–water partition coefficient (Wildman–Crippen LogP) is 4.64. The van der Waals surface area contributed by atoms with E-state index in [0.29, 0.717) is 24.1 Å². The zero-order chi connectivity index (χ0) is 30.5. The van der Waals surface area contributed by atoms with Crippen molar-refractivity contribution in [2.45, 2.75) is 19.9 Å². The van der Waals surface area contributed by atoms with Crippen LogP contribution < -0.4 is 15.9 Å². The number of amides is 1. The number of aromatic nitrogens is 3. The molecule has 0 saturated carbocycles. The van der Waals surface area contributed by atoms with Gasteiger partial charge in [-0.05, 0) is 63.6 Å². The third kappa shape index (κ3) is 5.02. The number of nitrogens with zero attached hydrogens (tertiary/aromatic N) is 5. The van der Waals surface area contributed by atoms with Crippen LogP contribution in [0.1, 0.15) is 12.6 Å². The van der Waals surface area contributed by atoms with Crippen LogP contribution in [0.25, 0.3) is 27.7 Å². The summed E-state index contributed by atoms with van der Waals surface area (Å²) >= 11 is 0. The van der Waals surface area contributed by atoms with Gasteiger partial charge in [0.05, 0.1) is 22.5 Å². The SMILES string of the molecule is C=CC(=O)N1CCN(c2nc(=O)n(-c3c(P(C)(C)=O)ccnc3C)c3cc(-c4c(F)cccc4F)c(F)cc23)[C@@H](C)C1. The molecule has 1 amide bonds. The Morgan fingerprint density at radius 2 is 1.79 bits per heavy atom. The van der Waals surface area contributed by atoms with Gasteiger partial charge in [0.1, 0.15) is 30.4 Å². The Bertz CT molecular complexity index is 1850. The molecular formula is C30H29F3N5O3P. The van der Waals surface area contributed by atoms with Gasteiger partial charge in [0.2, 0.25) is 5.91 Å². The van der Waals surface area contributed by atoms with Gasteiger partial charge in [0.15, 0.2) is 0 Å². The fraction of sp³-hybridized carbons (Fsp3) is 0.267. The lowest BCUT2D eigenvalue weighted by atomic mass is 10.0. The lowest BCUT2D eigenvalue weighted by Gasteiger charge is -2.40. The largest absolute Gasteiger partial charge is 0.354 e. The van der Waals surface area contributed by atoms with Crippen molar-refractivity contribution < 1.29 is 22.5 Å². The van der Waals surface area contributed by atoms with Crippen LogP contribution in [0.15, 0.2) is 60.0 Å². The molecule has 1 saturated heterocycles. The molecule has 0 bridgehead atoms.